The molecule has 0 bridgehead atoms. The standard InChI is InChI=1S/C27H39N3O4S/c1-6-24(26(32)28-27(2,3)4)29(21-19-22-14-9-7-10-15-22)25(31)18-13-20-30(35(5,33)34)23-16-11-8-12-17-23/h7-12,14-17,24H,6,13,18-21H2,1-5H3,(H,28,32)/t24-/m0/s1. The van der Waals surface area contributed by atoms with Crippen molar-refractivity contribution in [2.45, 2.75) is 65.0 Å². The fourth-order valence-corrected chi connectivity index (χ4v) is 4.91. The first kappa shape index (κ1) is 28.4. The van der Waals surface area contributed by atoms with E-state index in [9.17, 15) is 18.0 Å². The molecule has 2 rings (SSSR count). The lowest BCUT2D eigenvalue weighted by Gasteiger charge is -2.33. The number of carbonyl (C=O) groups excluding carboxylic acids is 2. The van der Waals surface area contributed by atoms with Gasteiger partial charge in [0.2, 0.25) is 21.8 Å². The van der Waals surface area contributed by atoms with E-state index >= 15 is 0 Å². The van der Waals surface area contributed by atoms with Gasteiger partial charge in [0.25, 0.3) is 0 Å². The molecule has 0 saturated carbocycles. The Labute approximate surface area is 210 Å². The molecule has 7 nitrogen and oxygen atoms in total. The normalized spacial score (nSPS) is 12.6. The lowest BCUT2D eigenvalue weighted by molar-refractivity contribution is -0.141. The molecule has 192 valence electrons. The average molecular weight is 502 g/mol. The third-order valence-electron chi connectivity index (χ3n) is 5.56. The van der Waals surface area contributed by atoms with Crippen molar-refractivity contribution in [3.8, 4) is 0 Å². The number of hydrogen-bond acceptors (Lipinski definition) is 4. The van der Waals surface area contributed by atoms with Gasteiger partial charge in [0.1, 0.15) is 6.04 Å². The predicted molar refractivity (Wildman–Crippen MR) is 142 cm³/mol. The highest BCUT2D eigenvalue weighted by molar-refractivity contribution is 7.92. The first-order valence-electron chi connectivity index (χ1n) is 12.1. The lowest BCUT2D eigenvalue weighted by atomic mass is 10.0. The minimum atomic E-state index is -3.49. The molecule has 1 N–H and O–H groups in total. The molecule has 0 aliphatic rings. The average Bonchev–Trinajstić information content (AvgIpc) is 2.78. The topological polar surface area (TPSA) is 86.8 Å². The van der Waals surface area contributed by atoms with Gasteiger partial charge in [0.15, 0.2) is 0 Å². The second kappa shape index (κ2) is 12.7. The molecule has 1 atom stereocenters. The van der Waals surface area contributed by atoms with E-state index in [-0.39, 0.29) is 24.8 Å². The summed E-state index contributed by atoms with van der Waals surface area (Å²) in [6.07, 6.45) is 2.78. The molecular formula is C27H39N3O4S. The summed E-state index contributed by atoms with van der Waals surface area (Å²) in [6.45, 7) is 8.24. The van der Waals surface area contributed by atoms with Crippen molar-refractivity contribution in [2.24, 2.45) is 0 Å². The summed E-state index contributed by atoms with van der Waals surface area (Å²) in [7, 11) is -3.49. The monoisotopic (exact) mass is 501 g/mol. The van der Waals surface area contributed by atoms with Crippen LogP contribution in [-0.4, -0.2) is 56.1 Å². The van der Waals surface area contributed by atoms with Gasteiger partial charge in [-0.2, -0.15) is 0 Å². The van der Waals surface area contributed by atoms with Crippen LogP contribution in [0.25, 0.3) is 0 Å². The number of sulfonamides is 1. The summed E-state index contributed by atoms with van der Waals surface area (Å²) in [4.78, 5) is 28.1. The molecule has 0 heterocycles. The molecule has 0 aromatic heterocycles. The molecule has 2 aromatic rings. The number of nitrogens with one attached hydrogen (secondary N) is 1. The Morgan fingerprint density at radius 1 is 0.943 bits per heavy atom. The van der Waals surface area contributed by atoms with E-state index in [4.69, 9.17) is 0 Å². The van der Waals surface area contributed by atoms with Crippen LogP contribution in [0.2, 0.25) is 0 Å². The van der Waals surface area contributed by atoms with Gasteiger partial charge in [0.05, 0.1) is 11.9 Å². The van der Waals surface area contributed by atoms with Crippen LogP contribution in [0.3, 0.4) is 0 Å². The van der Waals surface area contributed by atoms with Gasteiger partial charge in [0, 0.05) is 25.0 Å². The van der Waals surface area contributed by atoms with Crippen LogP contribution in [-0.2, 0) is 26.0 Å². The third-order valence-corrected chi connectivity index (χ3v) is 6.76. The van der Waals surface area contributed by atoms with Gasteiger partial charge in [-0.1, -0.05) is 55.5 Å². The number of rotatable bonds is 12. The summed E-state index contributed by atoms with van der Waals surface area (Å²) < 4.78 is 26.0. The molecule has 0 saturated heterocycles. The number of anilines is 1. The second-order valence-electron chi connectivity index (χ2n) is 9.76. The molecule has 35 heavy (non-hydrogen) atoms. The zero-order valence-corrected chi connectivity index (χ0v) is 22.3. The van der Waals surface area contributed by atoms with E-state index in [1.54, 1.807) is 29.2 Å². The van der Waals surface area contributed by atoms with Gasteiger partial charge >= 0.3 is 0 Å². The third kappa shape index (κ3) is 9.36. The maximum atomic E-state index is 13.4. The van der Waals surface area contributed by atoms with Crippen molar-refractivity contribution < 1.29 is 18.0 Å². The Bertz CT molecular complexity index is 1050. The molecule has 0 radical (unpaired) electrons. The highest BCUT2D eigenvalue weighted by Crippen LogP contribution is 2.19. The Hall–Kier alpha value is -2.87. The Balaban J connectivity index is 2.16. The summed E-state index contributed by atoms with van der Waals surface area (Å²) in [5.41, 5.74) is 1.24. The number of hydrogen-bond donors (Lipinski definition) is 1. The van der Waals surface area contributed by atoms with E-state index in [0.29, 0.717) is 31.5 Å². The van der Waals surface area contributed by atoms with Crippen LogP contribution >= 0.6 is 0 Å². The van der Waals surface area contributed by atoms with Crippen LogP contribution in [0.15, 0.2) is 60.7 Å². The van der Waals surface area contributed by atoms with E-state index in [1.807, 2.05) is 64.1 Å². The second-order valence-corrected chi connectivity index (χ2v) is 11.7. The molecule has 0 unspecified atom stereocenters. The molecule has 2 aromatic carbocycles. The molecule has 2 amide bonds. The highest BCUT2D eigenvalue weighted by atomic mass is 32.2. The Kier molecular flexibility index (Phi) is 10.3. The number of nitrogens with zero attached hydrogens (tertiary/aromatic N) is 2. The lowest BCUT2D eigenvalue weighted by Crippen LogP contribution is -2.54. The van der Waals surface area contributed by atoms with Crippen molar-refractivity contribution in [3.05, 3.63) is 66.2 Å². The summed E-state index contributed by atoms with van der Waals surface area (Å²) in [5.74, 6) is -0.332. The van der Waals surface area contributed by atoms with Crippen LogP contribution < -0.4 is 9.62 Å². The number of para-hydroxylation sites is 1. The van der Waals surface area contributed by atoms with Gasteiger partial charge < -0.3 is 10.2 Å². The Morgan fingerprint density at radius 2 is 1.51 bits per heavy atom. The first-order chi connectivity index (χ1) is 16.4. The van der Waals surface area contributed by atoms with Gasteiger partial charge in [-0.05, 0) is 57.7 Å². The SMILES string of the molecule is CC[C@@H](C(=O)NC(C)(C)C)N(CCc1ccccc1)C(=O)CCCN(c1ccccc1)S(C)(=O)=O. The van der Waals surface area contributed by atoms with Crippen molar-refractivity contribution in [2.75, 3.05) is 23.7 Å². The van der Waals surface area contributed by atoms with Crippen molar-refractivity contribution in [1.29, 1.82) is 0 Å². The number of amides is 2. The minimum absolute atomic E-state index is 0.146. The quantitative estimate of drug-likeness (QED) is 0.476. The fourth-order valence-electron chi connectivity index (χ4n) is 3.95. The highest BCUT2D eigenvalue weighted by Gasteiger charge is 2.30. The zero-order valence-electron chi connectivity index (χ0n) is 21.5. The predicted octanol–water partition coefficient (Wildman–Crippen LogP) is 4.00. The number of benzene rings is 2. The maximum absolute atomic E-state index is 13.4. The summed E-state index contributed by atoms with van der Waals surface area (Å²) >= 11 is 0. The van der Waals surface area contributed by atoms with E-state index in [1.165, 1.54) is 4.31 Å². The minimum Gasteiger partial charge on any atom is -0.350 e. The number of carbonyl (C=O) groups is 2. The van der Waals surface area contributed by atoms with Crippen LogP contribution in [0.1, 0.15) is 52.5 Å². The summed E-state index contributed by atoms with van der Waals surface area (Å²) in [6, 6.07) is 18.1. The maximum Gasteiger partial charge on any atom is 0.243 e. The van der Waals surface area contributed by atoms with Crippen molar-refractivity contribution >= 4 is 27.5 Å². The van der Waals surface area contributed by atoms with E-state index in [0.717, 1.165) is 11.8 Å². The molecule has 0 fully saturated rings. The van der Waals surface area contributed by atoms with Gasteiger partial charge in [-0.25, -0.2) is 8.42 Å². The fraction of sp³-hybridized carbons (Fsp3) is 0.481. The van der Waals surface area contributed by atoms with E-state index < -0.39 is 21.6 Å². The van der Waals surface area contributed by atoms with Gasteiger partial charge in [-0.15, -0.1) is 0 Å². The van der Waals surface area contributed by atoms with Crippen molar-refractivity contribution in [1.82, 2.24) is 10.2 Å². The first-order valence-corrected chi connectivity index (χ1v) is 14.0. The van der Waals surface area contributed by atoms with Gasteiger partial charge in [-0.3, -0.25) is 13.9 Å². The summed E-state index contributed by atoms with van der Waals surface area (Å²) in [5, 5.41) is 3.00. The molecular weight excluding hydrogens is 462 g/mol. The molecule has 0 aliphatic carbocycles. The molecule has 8 heteroatoms. The van der Waals surface area contributed by atoms with Crippen LogP contribution in [0.5, 0.6) is 0 Å². The molecule has 0 aliphatic heterocycles. The van der Waals surface area contributed by atoms with Crippen molar-refractivity contribution in [3.63, 3.8) is 0 Å². The van der Waals surface area contributed by atoms with Crippen LogP contribution in [0, 0.1) is 0 Å². The van der Waals surface area contributed by atoms with Crippen LogP contribution in [0.4, 0.5) is 5.69 Å². The Morgan fingerprint density at radius 3 is 2.03 bits per heavy atom. The smallest absolute Gasteiger partial charge is 0.243 e. The largest absolute Gasteiger partial charge is 0.350 e. The molecule has 0 spiro atoms. The van der Waals surface area contributed by atoms with E-state index in [2.05, 4.69) is 5.32 Å². The zero-order chi connectivity index (χ0) is 26.1.